The van der Waals surface area contributed by atoms with Crippen molar-refractivity contribution in [1.29, 1.82) is 0 Å². The molecule has 0 saturated heterocycles. The fourth-order valence-corrected chi connectivity index (χ4v) is 4.72. The molecule has 2 atom stereocenters. The van der Waals surface area contributed by atoms with Gasteiger partial charge in [-0.1, -0.05) is 110 Å². The first-order valence-corrected chi connectivity index (χ1v) is 13.5. The minimum atomic E-state index is -4.20. The van der Waals surface area contributed by atoms with Crippen LogP contribution in [-0.4, -0.2) is 29.4 Å². The second-order valence-corrected chi connectivity index (χ2v) is 10.2. The van der Waals surface area contributed by atoms with Gasteiger partial charge in [0.15, 0.2) is 0 Å². The Balaban J connectivity index is 0. The van der Waals surface area contributed by atoms with Crippen molar-refractivity contribution in [3.05, 3.63) is 0 Å². The van der Waals surface area contributed by atoms with Crippen molar-refractivity contribution in [2.75, 3.05) is 0 Å². The van der Waals surface area contributed by atoms with Gasteiger partial charge >= 0.3 is 29.6 Å². The Morgan fingerprint density at radius 1 is 0.621 bits per heavy atom. The summed E-state index contributed by atoms with van der Waals surface area (Å²) in [6.07, 6.45) is 19.3. The molecule has 0 fully saturated rings. The summed E-state index contributed by atoms with van der Waals surface area (Å²) < 4.78 is 34.5. The molecular formula is C23H47NaO4S. The van der Waals surface area contributed by atoms with E-state index in [4.69, 9.17) is 0 Å². The average molecular weight is 443 g/mol. The Morgan fingerprint density at radius 2 is 0.966 bits per heavy atom. The molecule has 2 unspecified atom stereocenters. The third-order valence-electron chi connectivity index (χ3n) is 5.74. The second-order valence-electron chi connectivity index (χ2n) is 8.52. The molecule has 4 nitrogen and oxygen atoms in total. The fraction of sp³-hybridized carbons (Fsp3) is 1.00. The van der Waals surface area contributed by atoms with E-state index in [9.17, 15) is 18.1 Å². The summed E-state index contributed by atoms with van der Waals surface area (Å²) in [5.41, 5.74) is 0. The van der Waals surface area contributed by atoms with Gasteiger partial charge in [-0.3, -0.25) is 0 Å². The van der Waals surface area contributed by atoms with Gasteiger partial charge in [-0.2, -0.15) is 0 Å². The van der Waals surface area contributed by atoms with Crippen molar-refractivity contribution in [3.8, 4) is 0 Å². The largest absolute Gasteiger partial charge is 1.00 e. The molecular weight excluding hydrogens is 395 g/mol. The number of rotatable bonds is 21. The number of aliphatic hydroxyl groups is 1. The number of unbranched alkanes of at least 4 members (excludes halogenated alkanes) is 12. The van der Waals surface area contributed by atoms with Crippen molar-refractivity contribution in [1.82, 2.24) is 0 Å². The Labute approximate surface area is 204 Å². The van der Waals surface area contributed by atoms with Gasteiger partial charge in [-0.25, -0.2) is 8.42 Å². The Bertz CT molecular complexity index is 429. The summed E-state index contributed by atoms with van der Waals surface area (Å²) >= 11 is 0. The van der Waals surface area contributed by atoms with Crippen molar-refractivity contribution in [3.63, 3.8) is 0 Å². The molecule has 170 valence electrons. The van der Waals surface area contributed by atoms with E-state index in [1.807, 2.05) is 0 Å². The summed E-state index contributed by atoms with van der Waals surface area (Å²) in [6.45, 7) is 4.34. The van der Waals surface area contributed by atoms with E-state index in [-0.39, 0.29) is 35.7 Å². The van der Waals surface area contributed by atoms with Gasteiger partial charge in [0.25, 0.3) is 0 Å². The zero-order valence-electron chi connectivity index (χ0n) is 19.7. The van der Waals surface area contributed by atoms with Gasteiger partial charge < -0.3 is 9.66 Å². The van der Waals surface area contributed by atoms with Crippen LogP contribution in [0.4, 0.5) is 0 Å². The summed E-state index contributed by atoms with van der Waals surface area (Å²) in [6, 6.07) is 0. The van der Waals surface area contributed by atoms with E-state index in [0.717, 1.165) is 44.9 Å². The summed E-state index contributed by atoms with van der Waals surface area (Å²) in [5.74, 6) is 0. The minimum Gasteiger partial charge on any atom is -0.748 e. The maximum absolute atomic E-state index is 11.5. The first-order valence-electron chi connectivity index (χ1n) is 12.0. The van der Waals surface area contributed by atoms with Crippen LogP contribution in [0.5, 0.6) is 0 Å². The number of hydrogen-bond donors (Lipinski definition) is 1. The van der Waals surface area contributed by atoms with E-state index >= 15 is 0 Å². The molecule has 0 aliphatic carbocycles. The van der Waals surface area contributed by atoms with Crippen LogP contribution in [0.15, 0.2) is 0 Å². The SMILES string of the molecule is CCCCCCCCCCCCCC(CCCCC(O)CCCC)S(=O)(=O)[O-].[Na+]. The predicted octanol–water partition coefficient (Wildman–Crippen LogP) is 3.72. The minimum absolute atomic E-state index is 0. The molecule has 0 aliphatic heterocycles. The zero-order chi connectivity index (χ0) is 21.1. The Morgan fingerprint density at radius 3 is 1.41 bits per heavy atom. The molecule has 0 aliphatic rings. The van der Waals surface area contributed by atoms with Crippen LogP contribution >= 0.6 is 0 Å². The Kier molecular flexibility index (Phi) is 24.4. The molecule has 0 bridgehead atoms. The normalized spacial score (nSPS) is 13.8. The first kappa shape index (κ1) is 32.1. The molecule has 0 heterocycles. The smallest absolute Gasteiger partial charge is 0.748 e. The summed E-state index contributed by atoms with van der Waals surface area (Å²) in [5, 5.41) is 9.10. The quantitative estimate of drug-likeness (QED) is 0.167. The van der Waals surface area contributed by atoms with Gasteiger partial charge in [-0.15, -0.1) is 0 Å². The van der Waals surface area contributed by atoms with Crippen molar-refractivity contribution < 1.29 is 47.6 Å². The third kappa shape index (κ3) is 21.9. The van der Waals surface area contributed by atoms with E-state index in [1.165, 1.54) is 51.4 Å². The fourth-order valence-electron chi connectivity index (χ4n) is 3.81. The van der Waals surface area contributed by atoms with E-state index in [1.54, 1.807) is 0 Å². The molecule has 29 heavy (non-hydrogen) atoms. The standard InChI is InChI=1S/C23H48O4S.Na/c1-3-5-7-8-9-10-11-12-13-14-15-20-23(28(25,26)27)21-17-16-19-22(24)18-6-4-2;/h22-24H,3-21H2,1-2H3,(H,25,26,27);/q;+1/p-1. The van der Waals surface area contributed by atoms with Crippen LogP contribution in [0.25, 0.3) is 0 Å². The molecule has 0 saturated carbocycles. The van der Waals surface area contributed by atoms with Crippen LogP contribution in [-0.2, 0) is 10.1 Å². The van der Waals surface area contributed by atoms with Gasteiger partial charge in [0.05, 0.1) is 16.2 Å². The molecule has 0 aromatic heterocycles. The van der Waals surface area contributed by atoms with Crippen LogP contribution in [0.3, 0.4) is 0 Å². The zero-order valence-corrected chi connectivity index (χ0v) is 22.5. The molecule has 1 N–H and O–H groups in total. The second kappa shape index (κ2) is 22.1. The molecule has 0 radical (unpaired) electrons. The average Bonchev–Trinajstić information content (AvgIpc) is 2.64. The van der Waals surface area contributed by atoms with Gasteiger partial charge in [0, 0.05) is 5.25 Å². The topological polar surface area (TPSA) is 77.4 Å². The maximum atomic E-state index is 11.5. The van der Waals surface area contributed by atoms with Crippen molar-refractivity contribution >= 4 is 10.1 Å². The first-order chi connectivity index (χ1) is 13.4. The molecule has 0 amide bonds. The van der Waals surface area contributed by atoms with Gasteiger partial charge in [0.1, 0.15) is 0 Å². The van der Waals surface area contributed by atoms with Gasteiger partial charge in [-0.05, 0) is 25.7 Å². The molecule has 0 rings (SSSR count). The van der Waals surface area contributed by atoms with E-state index < -0.39 is 15.4 Å². The Hall–Kier alpha value is 0.870. The predicted molar refractivity (Wildman–Crippen MR) is 119 cm³/mol. The van der Waals surface area contributed by atoms with Crippen LogP contribution in [0, 0.1) is 0 Å². The monoisotopic (exact) mass is 442 g/mol. The maximum Gasteiger partial charge on any atom is 1.00 e. The van der Waals surface area contributed by atoms with Crippen molar-refractivity contribution in [2.45, 2.75) is 147 Å². The molecule has 6 heteroatoms. The van der Waals surface area contributed by atoms with Crippen molar-refractivity contribution in [2.24, 2.45) is 0 Å². The number of hydrogen-bond acceptors (Lipinski definition) is 4. The van der Waals surface area contributed by atoms with Crippen LogP contribution in [0.1, 0.15) is 136 Å². The molecule has 0 aromatic rings. The number of aliphatic hydroxyl groups excluding tert-OH is 1. The van der Waals surface area contributed by atoms with E-state index in [0.29, 0.717) is 25.7 Å². The molecule has 0 spiro atoms. The van der Waals surface area contributed by atoms with Crippen LogP contribution in [0.2, 0.25) is 0 Å². The summed E-state index contributed by atoms with van der Waals surface area (Å²) in [7, 11) is -4.20. The molecule has 0 aromatic carbocycles. The third-order valence-corrected chi connectivity index (χ3v) is 7.03. The summed E-state index contributed by atoms with van der Waals surface area (Å²) in [4.78, 5) is 0. The van der Waals surface area contributed by atoms with E-state index in [2.05, 4.69) is 13.8 Å². The van der Waals surface area contributed by atoms with Crippen LogP contribution < -0.4 is 29.6 Å². The van der Waals surface area contributed by atoms with Gasteiger partial charge in [0.2, 0.25) is 0 Å².